The third-order valence-electron chi connectivity index (χ3n) is 5.66. The number of aryl methyl sites for hydroxylation is 2. The van der Waals surface area contributed by atoms with Crippen molar-refractivity contribution < 1.29 is 18.0 Å². The molecule has 1 atom stereocenters. The fraction of sp³-hybridized carbons (Fsp3) is 0.440. The minimum atomic E-state index is -3.80. The van der Waals surface area contributed by atoms with Crippen LogP contribution in [0.4, 0.5) is 5.69 Å². The molecular formula is C25H33Cl2N3O4S. The Morgan fingerprint density at radius 2 is 1.63 bits per heavy atom. The maximum absolute atomic E-state index is 13.7. The molecule has 2 aromatic rings. The molecule has 192 valence electrons. The van der Waals surface area contributed by atoms with Gasteiger partial charge in [0.15, 0.2) is 0 Å². The highest BCUT2D eigenvalue weighted by Crippen LogP contribution is 2.28. The molecule has 0 radical (unpaired) electrons. The zero-order valence-corrected chi connectivity index (χ0v) is 23.3. The van der Waals surface area contributed by atoms with Crippen LogP contribution in [0.25, 0.3) is 0 Å². The number of sulfonamides is 1. The highest BCUT2D eigenvalue weighted by atomic mass is 35.5. The first-order chi connectivity index (χ1) is 16.3. The van der Waals surface area contributed by atoms with E-state index < -0.39 is 28.5 Å². The lowest BCUT2D eigenvalue weighted by Crippen LogP contribution is -2.53. The summed E-state index contributed by atoms with van der Waals surface area (Å²) in [7, 11) is -3.80. The molecule has 0 saturated heterocycles. The van der Waals surface area contributed by atoms with Crippen LogP contribution in [-0.4, -0.2) is 50.0 Å². The number of carbonyl (C=O) groups is 2. The predicted molar refractivity (Wildman–Crippen MR) is 142 cm³/mol. The molecule has 0 spiro atoms. The zero-order chi connectivity index (χ0) is 26.5. The summed E-state index contributed by atoms with van der Waals surface area (Å²) in [6.45, 7) is 8.70. The van der Waals surface area contributed by atoms with Crippen LogP contribution in [-0.2, 0) is 26.2 Å². The molecule has 0 aliphatic rings. The van der Waals surface area contributed by atoms with Crippen molar-refractivity contribution in [3.05, 3.63) is 63.1 Å². The van der Waals surface area contributed by atoms with Crippen molar-refractivity contribution in [2.24, 2.45) is 0 Å². The third kappa shape index (κ3) is 7.59. The summed E-state index contributed by atoms with van der Waals surface area (Å²) in [4.78, 5) is 28.1. The van der Waals surface area contributed by atoms with Gasteiger partial charge in [-0.2, -0.15) is 0 Å². The number of nitrogens with zero attached hydrogens (tertiary/aromatic N) is 2. The number of amides is 2. The number of hydrogen-bond donors (Lipinski definition) is 1. The van der Waals surface area contributed by atoms with E-state index in [1.807, 2.05) is 27.7 Å². The van der Waals surface area contributed by atoms with Gasteiger partial charge in [-0.1, -0.05) is 42.3 Å². The number of benzene rings is 2. The first-order valence-electron chi connectivity index (χ1n) is 11.3. The van der Waals surface area contributed by atoms with Gasteiger partial charge in [0.05, 0.1) is 11.9 Å². The normalized spacial score (nSPS) is 12.4. The molecule has 2 amide bonds. The average Bonchev–Trinajstić information content (AvgIpc) is 2.74. The summed E-state index contributed by atoms with van der Waals surface area (Å²) in [6, 6.07) is 9.19. The lowest BCUT2D eigenvalue weighted by atomic mass is 10.1. The molecular weight excluding hydrogens is 509 g/mol. The Morgan fingerprint density at radius 3 is 2.11 bits per heavy atom. The Balaban J connectivity index is 2.52. The van der Waals surface area contributed by atoms with Crippen LogP contribution in [0, 0.1) is 13.8 Å². The highest BCUT2D eigenvalue weighted by Gasteiger charge is 2.32. The Morgan fingerprint density at radius 1 is 1.03 bits per heavy atom. The van der Waals surface area contributed by atoms with E-state index in [0.717, 1.165) is 21.7 Å². The molecule has 0 unspecified atom stereocenters. The van der Waals surface area contributed by atoms with Gasteiger partial charge < -0.3 is 10.2 Å². The molecule has 0 aromatic heterocycles. The standard InChI is InChI=1S/C25H33Cl2N3O4S/c1-7-23(25(32)28-16(2)3)29(14-20-21(26)9-8-10-22(20)27)24(31)15-30(35(6,33)34)19-12-11-17(4)18(5)13-19/h8-13,16,23H,7,14-15H2,1-6H3,(H,28,32)/t23-/m0/s1. The van der Waals surface area contributed by atoms with Gasteiger partial charge >= 0.3 is 0 Å². The Labute approximate surface area is 218 Å². The average molecular weight is 543 g/mol. The van der Waals surface area contributed by atoms with Gasteiger partial charge in [-0.25, -0.2) is 8.42 Å². The number of halogens is 2. The van der Waals surface area contributed by atoms with Gasteiger partial charge in [0.1, 0.15) is 12.6 Å². The predicted octanol–water partition coefficient (Wildman–Crippen LogP) is 4.71. The van der Waals surface area contributed by atoms with Gasteiger partial charge in [-0.3, -0.25) is 13.9 Å². The molecule has 2 rings (SSSR count). The summed E-state index contributed by atoms with van der Waals surface area (Å²) in [5, 5.41) is 3.54. The second kappa shape index (κ2) is 12.1. The van der Waals surface area contributed by atoms with Gasteiger partial charge in [0.25, 0.3) is 0 Å². The number of nitrogens with one attached hydrogen (secondary N) is 1. The fourth-order valence-electron chi connectivity index (χ4n) is 3.65. The van der Waals surface area contributed by atoms with Crippen molar-refractivity contribution in [1.29, 1.82) is 0 Å². The minimum Gasteiger partial charge on any atom is -0.352 e. The van der Waals surface area contributed by atoms with Crippen LogP contribution < -0.4 is 9.62 Å². The highest BCUT2D eigenvalue weighted by molar-refractivity contribution is 7.92. The van der Waals surface area contributed by atoms with Gasteiger partial charge in [0.2, 0.25) is 21.8 Å². The first-order valence-corrected chi connectivity index (χ1v) is 13.9. The molecule has 0 saturated carbocycles. The number of carbonyl (C=O) groups excluding carboxylic acids is 2. The molecule has 35 heavy (non-hydrogen) atoms. The fourth-order valence-corrected chi connectivity index (χ4v) is 5.01. The van der Waals surface area contributed by atoms with Gasteiger partial charge in [-0.15, -0.1) is 0 Å². The summed E-state index contributed by atoms with van der Waals surface area (Å²) >= 11 is 12.7. The molecule has 1 N–H and O–H groups in total. The largest absolute Gasteiger partial charge is 0.352 e. The van der Waals surface area contributed by atoms with Crippen LogP contribution in [0.2, 0.25) is 10.0 Å². The van der Waals surface area contributed by atoms with Crippen LogP contribution in [0.3, 0.4) is 0 Å². The molecule has 7 nitrogen and oxygen atoms in total. The molecule has 0 bridgehead atoms. The summed E-state index contributed by atoms with van der Waals surface area (Å²) < 4.78 is 26.5. The van der Waals surface area contributed by atoms with Crippen LogP contribution >= 0.6 is 23.2 Å². The SMILES string of the molecule is CC[C@@H](C(=O)NC(C)C)N(Cc1c(Cl)cccc1Cl)C(=O)CN(c1ccc(C)c(C)c1)S(C)(=O)=O. The summed E-state index contributed by atoms with van der Waals surface area (Å²) in [5.41, 5.74) is 2.75. The molecule has 0 aliphatic carbocycles. The first kappa shape index (κ1) is 28.9. The quantitative estimate of drug-likeness (QED) is 0.471. The second-order valence-electron chi connectivity index (χ2n) is 8.85. The summed E-state index contributed by atoms with van der Waals surface area (Å²) in [6.07, 6.45) is 1.36. The van der Waals surface area contributed by atoms with E-state index >= 15 is 0 Å². The number of rotatable bonds is 10. The smallest absolute Gasteiger partial charge is 0.244 e. The van der Waals surface area contributed by atoms with E-state index in [1.54, 1.807) is 43.3 Å². The van der Waals surface area contributed by atoms with E-state index in [1.165, 1.54) is 4.90 Å². The van der Waals surface area contributed by atoms with Crippen molar-refractivity contribution in [3.63, 3.8) is 0 Å². The number of anilines is 1. The zero-order valence-electron chi connectivity index (χ0n) is 20.9. The van der Waals surface area contributed by atoms with Crippen molar-refractivity contribution in [2.75, 3.05) is 17.1 Å². The van der Waals surface area contributed by atoms with E-state index in [9.17, 15) is 18.0 Å². The van der Waals surface area contributed by atoms with Crippen molar-refractivity contribution in [1.82, 2.24) is 10.2 Å². The lowest BCUT2D eigenvalue weighted by Gasteiger charge is -2.33. The van der Waals surface area contributed by atoms with E-state index in [-0.39, 0.29) is 18.5 Å². The van der Waals surface area contributed by atoms with Crippen LogP contribution in [0.15, 0.2) is 36.4 Å². The van der Waals surface area contributed by atoms with E-state index in [2.05, 4.69) is 5.32 Å². The Bertz CT molecular complexity index is 1160. The Hall–Kier alpha value is -2.29. The third-order valence-corrected chi connectivity index (χ3v) is 7.51. The second-order valence-corrected chi connectivity index (χ2v) is 11.6. The Kier molecular flexibility index (Phi) is 10.0. The minimum absolute atomic E-state index is 0.0497. The maximum atomic E-state index is 13.7. The van der Waals surface area contributed by atoms with Crippen LogP contribution in [0.1, 0.15) is 43.9 Å². The van der Waals surface area contributed by atoms with Gasteiger partial charge in [-0.05, 0) is 69.5 Å². The van der Waals surface area contributed by atoms with Gasteiger partial charge in [0, 0.05) is 28.2 Å². The lowest BCUT2D eigenvalue weighted by molar-refractivity contribution is -0.140. The topological polar surface area (TPSA) is 86.8 Å². The molecule has 0 aliphatic heterocycles. The number of hydrogen-bond acceptors (Lipinski definition) is 4. The molecule has 2 aromatic carbocycles. The van der Waals surface area contributed by atoms with E-state index in [0.29, 0.717) is 27.7 Å². The van der Waals surface area contributed by atoms with E-state index in [4.69, 9.17) is 23.2 Å². The summed E-state index contributed by atoms with van der Waals surface area (Å²) in [5.74, 6) is -0.883. The van der Waals surface area contributed by atoms with Crippen LogP contribution in [0.5, 0.6) is 0 Å². The maximum Gasteiger partial charge on any atom is 0.244 e. The molecule has 10 heteroatoms. The monoisotopic (exact) mass is 541 g/mol. The molecule has 0 heterocycles. The molecule has 0 fully saturated rings. The van der Waals surface area contributed by atoms with Crippen molar-refractivity contribution >= 4 is 50.7 Å². The van der Waals surface area contributed by atoms with Crippen molar-refractivity contribution in [2.45, 2.75) is 59.7 Å². The van der Waals surface area contributed by atoms with Crippen molar-refractivity contribution in [3.8, 4) is 0 Å².